The van der Waals surface area contributed by atoms with Crippen LogP contribution in [0, 0.1) is 24.6 Å². The molecular weight excluding hydrogens is 379 g/mol. The fourth-order valence-electron chi connectivity index (χ4n) is 4.88. The zero-order valence-corrected chi connectivity index (χ0v) is 16.4. The molecule has 29 heavy (non-hydrogen) atoms. The Morgan fingerprint density at radius 2 is 2.03 bits per heavy atom. The van der Waals surface area contributed by atoms with E-state index in [2.05, 4.69) is 0 Å². The Kier molecular flexibility index (Phi) is 4.36. The van der Waals surface area contributed by atoms with E-state index in [1.54, 1.807) is 14.0 Å². The third-order valence-corrected chi connectivity index (χ3v) is 6.60. The number of aromatic carboxylic acids is 1. The van der Waals surface area contributed by atoms with Crippen LogP contribution in [0.3, 0.4) is 0 Å². The van der Waals surface area contributed by atoms with Gasteiger partial charge in [-0.1, -0.05) is 0 Å². The number of nitrogens with zero attached hydrogens (tertiary/aromatic N) is 2. The maximum Gasteiger partial charge on any atom is 0.341 e. The molecule has 0 radical (unpaired) electrons. The lowest BCUT2D eigenvalue weighted by Crippen LogP contribution is -2.38. The molecule has 2 aliphatic rings. The number of carbonyl (C=O) groups is 1. The topological polar surface area (TPSA) is 135 Å². The number of carboxylic acid groups (broad SMARTS) is 1. The summed E-state index contributed by atoms with van der Waals surface area (Å²) in [6.07, 6.45) is 3.00. The lowest BCUT2D eigenvalue weighted by Gasteiger charge is -2.26. The van der Waals surface area contributed by atoms with Gasteiger partial charge in [-0.3, -0.25) is 4.79 Å². The van der Waals surface area contributed by atoms with E-state index in [-0.39, 0.29) is 40.7 Å². The van der Waals surface area contributed by atoms with Gasteiger partial charge in [-0.15, -0.1) is 0 Å². The highest BCUT2D eigenvalue weighted by Gasteiger charge is 2.52. The number of aliphatic hydroxyl groups is 1. The molecule has 2 aromatic rings. The molecule has 1 saturated carbocycles. The van der Waals surface area contributed by atoms with Crippen LogP contribution in [0.5, 0.6) is 0 Å². The summed E-state index contributed by atoms with van der Waals surface area (Å²) in [6, 6.07) is 0. The van der Waals surface area contributed by atoms with Crippen LogP contribution in [0.15, 0.2) is 11.0 Å². The smallest absolute Gasteiger partial charge is 0.341 e. The Hall–Kier alpha value is -2.65. The first kappa shape index (κ1) is 19.7. The Bertz CT molecular complexity index is 1090. The van der Waals surface area contributed by atoms with Crippen molar-refractivity contribution in [1.29, 1.82) is 0 Å². The van der Waals surface area contributed by atoms with Crippen molar-refractivity contribution >= 4 is 28.2 Å². The SMILES string of the molecule is Cc1c(N2CC(CO)C(C3(N)CC3)C2)c(F)c(N)c2c(=O)c(C(=O)O)cn(C)c12. The van der Waals surface area contributed by atoms with Gasteiger partial charge in [0.1, 0.15) is 5.56 Å². The number of aryl methyl sites for hydroxylation is 2. The number of hydrogen-bond donors (Lipinski definition) is 4. The van der Waals surface area contributed by atoms with Gasteiger partial charge in [0.05, 0.1) is 22.3 Å². The lowest BCUT2D eigenvalue weighted by molar-refractivity contribution is 0.0695. The minimum Gasteiger partial charge on any atom is -0.477 e. The molecule has 2 atom stereocenters. The summed E-state index contributed by atoms with van der Waals surface area (Å²) >= 11 is 0. The van der Waals surface area contributed by atoms with Crippen molar-refractivity contribution in [2.24, 2.45) is 24.6 Å². The van der Waals surface area contributed by atoms with E-state index in [4.69, 9.17) is 11.5 Å². The lowest BCUT2D eigenvalue weighted by atomic mass is 9.88. The molecule has 2 unspecified atom stereocenters. The number of benzene rings is 1. The number of carboxylic acids is 1. The predicted octanol–water partition coefficient (Wildman–Crippen LogP) is 0.802. The average Bonchev–Trinajstić information content (AvgIpc) is 3.26. The molecule has 2 heterocycles. The van der Waals surface area contributed by atoms with Gasteiger partial charge in [-0.25, -0.2) is 9.18 Å². The van der Waals surface area contributed by atoms with Crippen LogP contribution in [0.1, 0.15) is 28.8 Å². The highest BCUT2D eigenvalue weighted by molar-refractivity contribution is 6.01. The molecule has 9 heteroatoms. The van der Waals surface area contributed by atoms with Crippen molar-refractivity contribution in [2.45, 2.75) is 25.3 Å². The van der Waals surface area contributed by atoms with Gasteiger partial charge >= 0.3 is 5.97 Å². The number of hydrogen-bond acceptors (Lipinski definition) is 6. The van der Waals surface area contributed by atoms with E-state index in [1.165, 1.54) is 10.8 Å². The standard InChI is InChI=1S/C20H25FN4O4/c1-9-16-13(18(27)11(19(28)29)6-24(16)2)15(22)14(21)17(9)25-5-10(8-26)12(7-25)20(23)3-4-20/h6,10,12,26H,3-5,7-8,22-23H2,1-2H3,(H,28,29). The molecule has 6 N–H and O–H groups in total. The molecule has 0 amide bonds. The van der Waals surface area contributed by atoms with Crippen LogP contribution < -0.4 is 21.8 Å². The third kappa shape index (κ3) is 2.79. The second kappa shape index (κ2) is 6.43. The second-order valence-electron chi connectivity index (χ2n) is 8.40. The number of nitrogens with two attached hydrogens (primary N) is 2. The van der Waals surface area contributed by atoms with Crippen LogP contribution in [0.4, 0.5) is 15.8 Å². The van der Waals surface area contributed by atoms with Gasteiger partial charge in [-0.2, -0.15) is 0 Å². The minimum atomic E-state index is -1.39. The number of anilines is 2. The number of aliphatic hydroxyl groups excluding tert-OH is 1. The number of fused-ring (bicyclic) bond motifs is 1. The summed E-state index contributed by atoms with van der Waals surface area (Å²) < 4.78 is 16.9. The maximum atomic E-state index is 15.4. The van der Waals surface area contributed by atoms with Crippen LogP contribution >= 0.6 is 0 Å². The number of aromatic nitrogens is 1. The van der Waals surface area contributed by atoms with Crippen molar-refractivity contribution in [3.8, 4) is 0 Å². The number of nitrogen functional groups attached to an aromatic ring is 1. The van der Waals surface area contributed by atoms with E-state index in [0.29, 0.717) is 24.2 Å². The largest absolute Gasteiger partial charge is 0.477 e. The summed E-state index contributed by atoms with van der Waals surface area (Å²) in [5.41, 5.74) is 11.6. The van der Waals surface area contributed by atoms with E-state index in [0.717, 1.165) is 12.8 Å². The Labute approximate surface area is 166 Å². The highest BCUT2D eigenvalue weighted by atomic mass is 19.1. The summed E-state index contributed by atoms with van der Waals surface area (Å²) in [4.78, 5) is 25.9. The second-order valence-corrected chi connectivity index (χ2v) is 8.40. The summed E-state index contributed by atoms with van der Waals surface area (Å²) in [5, 5.41) is 19.0. The minimum absolute atomic E-state index is 0.0374. The molecule has 4 rings (SSSR count). The number of rotatable bonds is 4. The first-order valence-corrected chi connectivity index (χ1v) is 9.59. The Balaban J connectivity index is 1.91. The van der Waals surface area contributed by atoms with Gasteiger partial charge in [-0.05, 0) is 25.3 Å². The van der Waals surface area contributed by atoms with Crippen molar-refractivity contribution in [2.75, 3.05) is 30.3 Å². The maximum absolute atomic E-state index is 15.4. The quantitative estimate of drug-likeness (QED) is 0.554. The molecule has 0 bridgehead atoms. The number of pyridine rings is 1. The normalized spacial score (nSPS) is 23.0. The number of halogens is 1. The monoisotopic (exact) mass is 404 g/mol. The molecule has 1 aliphatic heterocycles. The zero-order valence-electron chi connectivity index (χ0n) is 16.4. The Morgan fingerprint density at radius 3 is 2.59 bits per heavy atom. The summed E-state index contributed by atoms with van der Waals surface area (Å²) in [5.74, 6) is -2.16. The summed E-state index contributed by atoms with van der Waals surface area (Å²) in [6.45, 7) is 2.58. The zero-order chi connectivity index (χ0) is 21.2. The highest BCUT2D eigenvalue weighted by Crippen LogP contribution is 2.48. The van der Waals surface area contributed by atoms with Gasteiger partial charge in [0.2, 0.25) is 5.43 Å². The molecule has 1 aromatic carbocycles. The molecule has 1 aromatic heterocycles. The van der Waals surface area contributed by atoms with Gasteiger partial charge in [0.25, 0.3) is 0 Å². The van der Waals surface area contributed by atoms with Crippen LogP contribution in [-0.4, -0.2) is 46.0 Å². The van der Waals surface area contributed by atoms with Gasteiger partial charge < -0.3 is 31.1 Å². The van der Waals surface area contributed by atoms with Gasteiger partial charge in [0, 0.05) is 50.3 Å². The van der Waals surface area contributed by atoms with Crippen molar-refractivity contribution in [3.63, 3.8) is 0 Å². The van der Waals surface area contributed by atoms with E-state index in [1.807, 2.05) is 4.90 Å². The molecule has 2 fully saturated rings. The van der Waals surface area contributed by atoms with E-state index >= 15 is 4.39 Å². The first-order chi connectivity index (χ1) is 13.6. The van der Waals surface area contributed by atoms with Crippen molar-refractivity contribution in [1.82, 2.24) is 4.57 Å². The molecule has 8 nitrogen and oxygen atoms in total. The predicted molar refractivity (Wildman–Crippen MR) is 108 cm³/mol. The van der Waals surface area contributed by atoms with Crippen molar-refractivity contribution < 1.29 is 19.4 Å². The van der Waals surface area contributed by atoms with Crippen molar-refractivity contribution in [3.05, 3.63) is 33.4 Å². The van der Waals surface area contributed by atoms with Gasteiger partial charge in [0.15, 0.2) is 5.82 Å². The molecule has 0 spiro atoms. The first-order valence-electron chi connectivity index (χ1n) is 9.59. The van der Waals surface area contributed by atoms with E-state index < -0.39 is 22.8 Å². The average molecular weight is 404 g/mol. The fraction of sp³-hybridized carbons (Fsp3) is 0.500. The molecule has 1 aliphatic carbocycles. The van der Waals surface area contributed by atoms with Crippen LogP contribution in [0.25, 0.3) is 10.9 Å². The molecular formula is C20H25FN4O4. The van der Waals surface area contributed by atoms with Crippen LogP contribution in [0.2, 0.25) is 0 Å². The summed E-state index contributed by atoms with van der Waals surface area (Å²) in [7, 11) is 1.60. The van der Waals surface area contributed by atoms with Crippen LogP contribution in [-0.2, 0) is 7.05 Å². The Morgan fingerprint density at radius 1 is 1.38 bits per heavy atom. The molecule has 1 saturated heterocycles. The molecule has 156 valence electrons. The third-order valence-electron chi connectivity index (χ3n) is 6.60. The van der Waals surface area contributed by atoms with E-state index in [9.17, 15) is 19.8 Å². The fourth-order valence-corrected chi connectivity index (χ4v) is 4.88.